The first-order chi connectivity index (χ1) is 12.6. The molecule has 0 bridgehead atoms. The summed E-state index contributed by atoms with van der Waals surface area (Å²) in [7, 11) is 0. The molecule has 26 heavy (non-hydrogen) atoms. The molecule has 2 fully saturated rings. The van der Waals surface area contributed by atoms with Crippen LogP contribution < -0.4 is 11.1 Å². The molecule has 1 aromatic rings. The van der Waals surface area contributed by atoms with Gasteiger partial charge in [-0.05, 0) is 43.7 Å². The summed E-state index contributed by atoms with van der Waals surface area (Å²) < 4.78 is 0. The van der Waals surface area contributed by atoms with Gasteiger partial charge in [-0.2, -0.15) is 0 Å². The number of benzene rings is 1. The molecule has 0 aromatic heterocycles. The number of rotatable bonds is 3. The number of hydrogen-bond acceptors (Lipinski definition) is 3. The van der Waals surface area contributed by atoms with E-state index >= 15 is 0 Å². The highest BCUT2D eigenvalue weighted by atomic mass is 16.2. The molecule has 1 aromatic carbocycles. The molecule has 2 saturated heterocycles. The van der Waals surface area contributed by atoms with E-state index in [0.717, 1.165) is 37.9 Å². The van der Waals surface area contributed by atoms with E-state index in [2.05, 4.69) is 12.2 Å². The van der Waals surface area contributed by atoms with Gasteiger partial charge in [-0.25, -0.2) is 4.79 Å². The maximum atomic E-state index is 12.9. The van der Waals surface area contributed by atoms with Crippen molar-refractivity contribution in [3.8, 4) is 0 Å². The predicted molar refractivity (Wildman–Crippen MR) is 103 cm³/mol. The number of amides is 3. The Morgan fingerprint density at radius 3 is 2.46 bits per heavy atom. The lowest BCUT2D eigenvalue weighted by molar-refractivity contribution is -0.141. The Kier molecular flexibility index (Phi) is 6.14. The van der Waals surface area contributed by atoms with Crippen molar-refractivity contribution in [3.05, 3.63) is 30.3 Å². The number of anilines is 1. The van der Waals surface area contributed by atoms with Crippen LogP contribution >= 0.6 is 0 Å². The lowest BCUT2D eigenvalue weighted by atomic mass is 9.89. The van der Waals surface area contributed by atoms with Crippen LogP contribution in [-0.2, 0) is 4.79 Å². The van der Waals surface area contributed by atoms with Crippen molar-refractivity contribution in [2.45, 2.75) is 38.6 Å². The molecule has 0 radical (unpaired) electrons. The van der Waals surface area contributed by atoms with E-state index in [1.54, 1.807) is 4.90 Å². The fourth-order valence-corrected chi connectivity index (χ4v) is 4.05. The van der Waals surface area contributed by atoms with Gasteiger partial charge in [-0.15, -0.1) is 0 Å². The zero-order valence-corrected chi connectivity index (χ0v) is 15.6. The molecule has 2 aliphatic rings. The Morgan fingerprint density at radius 2 is 1.81 bits per heavy atom. The zero-order valence-electron chi connectivity index (χ0n) is 15.6. The second-order valence-corrected chi connectivity index (χ2v) is 7.61. The van der Waals surface area contributed by atoms with Crippen molar-refractivity contribution in [1.29, 1.82) is 0 Å². The molecule has 3 rings (SSSR count). The topological polar surface area (TPSA) is 78.7 Å². The van der Waals surface area contributed by atoms with Crippen molar-refractivity contribution in [1.82, 2.24) is 9.80 Å². The molecule has 2 unspecified atom stereocenters. The van der Waals surface area contributed by atoms with E-state index in [4.69, 9.17) is 5.73 Å². The van der Waals surface area contributed by atoms with Gasteiger partial charge in [0.2, 0.25) is 5.91 Å². The lowest BCUT2D eigenvalue weighted by Gasteiger charge is -2.41. The van der Waals surface area contributed by atoms with Crippen LogP contribution in [0, 0.1) is 11.8 Å². The molecule has 0 saturated carbocycles. The quantitative estimate of drug-likeness (QED) is 0.871. The molecule has 6 nitrogen and oxygen atoms in total. The number of hydrogen-bond donors (Lipinski definition) is 2. The maximum absolute atomic E-state index is 12.9. The van der Waals surface area contributed by atoms with Gasteiger partial charge in [0, 0.05) is 43.8 Å². The number of piperidine rings is 2. The molecule has 2 atom stereocenters. The first-order valence-electron chi connectivity index (χ1n) is 9.70. The fraction of sp³-hybridized carbons (Fsp3) is 0.600. The number of likely N-dealkylation sites (tertiary alicyclic amines) is 2. The van der Waals surface area contributed by atoms with Gasteiger partial charge in [-0.1, -0.05) is 25.1 Å². The summed E-state index contributed by atoms with van der Waals surface area (Å²) in [5.41, 5.74) is 6.70. The maximum Gasteiger partial charge on any atom is 0.321 e. The van der Waals surface area contributed by atoms with Gasteiger partial charge in [0.05, 0.1) is 0 Å². The van der Waals surface area contributed by atoms with Gasteiger partial charge in [0.25, 0.3) is 0 Å². The number of carbonyl (C=O) groups is 2. The van der Waals surface area contributed by atoms with Crippen molar-refractivity contribution in [2.75, 3.05) is 31.5 Å². The third-order valence-electron chi connectivity index (χ3n) is 5.69. The first kappa shape index (κ1) is 18.7. The van der Waals surface area contributed by atoms with Crippen LogP contribution in [0.2, 0.25) is 0 Å². The summed E-state index contributed by atoms with van der Waals surface area (Å²) >= 11 is 0. The van der Waals surface area contributed by atoms with Gasteiger partial charge in [-0.3, -0.25) is 4.79 Å². The second kappa shape index (κ2) is 8.54. The van der Waals surface area contributed by atoms with Crippen LogP contribution in [0.25, 0.3) is 0 Å². The predicted octanol–water partition coefficient (Wildman–Crippen LogP) is 2.52. The van der Waals surface area contributed by atoms with Crippen LogP contribution in [0.3, 0.4) is 0 Å². The minimum atomic E-state index is -0.0891. The van der Waals surface area contributed by atoms with Crippen LogP contribution in [0.4, 0.5) is 10.5 Å². The molecule has 142 valence electrons. The summed E-state index contributed by atoms with van der Waals surface area (Å²) in [6, 6.07) is 9.54. The molecule has 0 aliphatic carbocycles. The summed E-state index contributed by atoms with van der Waals surface area (Å²) in [5.74, 6) is 0.879. The van der Waals surface area contributed by atoms with Gasteiger partial charge >= 0.3 is 6.03 Å². The summed E-state index contributed by atoms with van der Waals surface area (Å²) in [6.45, 7) is 4.82. The van der Waals surface area contributed by atoms with E-state index < -0.39 is 0 Å². The number of carbonyl (C=O) groups excluding carboxylic acids is 2. The third-order valence-corrected chi connectivity index (χ3v) is 5.69. The Balaban J connectivity index is 1.51. The first-order valence-corrected chi connectivity index (χ1v) is 9.70. The van der Waals surface area contributed by atoms with Gasteiger partial charge in [0.15, 0.2) is 0 Å². The number of urea groups is 1. The largest absolute Gasteiger partial charge is 0.338 e. The smallest absolute Gasteiger partial charge is 0.321 e. The number of nitrogens with one attached hydrogen (secondary N) is 1. The van der Waals surface area contributed by atoms with Crippen molar-refractivity contribution in [3.63, 3.8) is 0 Å². The van der Waals surface area contributed by atoms with Crippen LogP contribution in [0.1, 0.15) is 32.6 Å². The number of para-hydroxylation sites is 1. The van der Waals surface area contributed by atoms with Crippen molar-refractivity contribution < 1.29 is 9.59 Å². The van der Waals surface area contributed by atoms with Crippen molar-refractivity contribution >= 4 is 17.6 Å². The number of nitrogens with two attached hydrogens (primary N) is 1. The molecule has 0 spiro atoms. The van der Waals surface area contributed by atoms with E-state index in [-0.39, 0.29) is 23.9 Å². The van der Waals surface area contributed by atoms with Gasteiger partial charge in [0.1, 0.15) is 0 Å². The summed E-state index contributed by atoms with van der Waals surface area (Å²) in [4.78, 5) is 29.1. The van der Waals surface area contributed by atoms with E-state index in [0.29, 0.717) is 25.6 Å². The highest BCUT2D eigenvalue weighted by molar-refractivity contribution is 5.89. The average Bonchev–Trinajstić information content (AvgIpc) is 2.68. The molecule has 3 N–H and O–H groups in total. The Hall–Kier alpha value is -2.08. The van der Waals surface area contributed by atoms with E-state index in [1.807, 2.05) is 35.2 Å². The van der Waals surface area contributed by atoms with E-state index in [1.165, 1.54) is 0 Å². The summed E-state index contributed by atoms with van der Waals surface area (Å²) in [6.07, 6.45) is 3.51. The van der Waals surface area contributed by atoms with Crippen LogP contribution in [0.5, 0.6) is 0 Å². The molecular formula is C20H30N4O2. The fourth-order valence-electron chi connectivity index (χ4n) is 4.05. The zero-order chi connectivity index (χ0) is 18.5. The normalized spacial score (nSPS) is 24.4. The lowest BCUT2D eigenvalue weighted by Crippen LogP contribution is -2.53. The summed E-state index contributed by atoms with van der Waals surface area (Å²) in [5, 5.41) is 2.92. The van der Waals surface area contributed by atoms with Gasteiger partial charge < -0.3 is 20.9 Å². The minimum absolute atomic E-state index is 0.0123. The Bertz CT molecular complexity index is 613. The average molecular weight is 358 g/mol. The highest BCUT2D eigenvalue weighted by Gasteiger charge is 2.35. The highest BCUT2D eigenvalue weighted by Crippen LogP contribution is 2.27. The minimum Gasteiger partial charge on any atom is -0.338 e. The SMILES string of the molecule is CC1CCN(C(=O)C2CCN(C(=O)Nc3ccccc3)CC2)C(CN)C1. The molecule has 2 aliphatic heterocycles. The second-order valence-electron chi connectivity index (χ2n) is 7.61. The third kappa shape index (κ3) is 4.36. The molecular weight excluding hydrogens is 328 g/mol. The number of nitrogens with zero attached hydrogens (tertiary/aromatic N) is 2. The molecule has 2 heterocycles. The van der Waals surface area contributed by atoms with Crippen LogP contribution in [0.15, 0.2) is 30.3 Å². The molecule has 6 heteroatoms. The monoisotopic (exact) mass is 358 g/mol. The van der Waals surface area contributed by atoms with E-state index in [9.17, 15) is 9.59 Å². The molecule has 3 amide bonds. The standard InChI is InChI=1S/C20H30N4O2/c1-15-7-12-24(18(13-15)14-21)19(25)16-8-10-23(11-9-16)20(26)22-17-5-3-2-4-6-17/h2-6,15-16,18H,7-14,21H2,1H3,(H,22,26). The Morgan fingerprint density at radius 1 is 1.12 bits per heavy atom. The van der Waals surface area contributed by atoms with Crippen molar-refractivity contribution in [2.24, 2.45) is 17.6 Å². The Labute approximate surface area is 155 Å². The van der Waals surface area contributed by atoms with Crippen LogP contribution in [-0.4, -0.2) is 54.0 Å².